The lowest BCUT2D eigenvalue weighted by atomic mass is 10.2. The average molecular weight is 339 g/mol. The predicted octanol–water partition coefficient (Wildman–Crippen LogP) is 4.46. The van der Waals surface area contributed by atoms with E-state index in [0.29, 0.717) is 18.7 Å². The number of phenols is 1. The molecule has 25 heavy (non-hydrogen) atoms. The van der Waals surface area contributed by atoms with Gasteiger partial charge in [0.05, 0.1) is 29.2 Å². The second-order valence-electron chi connectivity index (χ2n) is 5.13. The zero-order valence-electron chi connectivity index (χ0n) is 13.7. The van der Waals surface area contributed by atoms with Gasteiger partial charge in [-0.1, -0.05) is 0 Å². The lowest BCUT2D eigenvalue weighted by Crippen LogP contribution is -2.23. The lowest BCUT2D eigenvalue weighted by Gasteiger charge is -2.21. The first kappa shape index (κ1) is 17.9. The minimum atomic E-state index is -0.592. The molecule has 0 saturated heterocycles. The van der Waals surface area contributed by atoms with Gasteiger partial charge in [-0.2, -0.15) is 10.4 Å². The van der Waals surface area contributed by atoms with E-state index in [2.05, 4.69) is 21.2 Å². The Hall–Kier alpha value is -3.47. The van der Waals surface area contributed by atoms with Crippen LogP contribution in [-0.2, 0) is 0 Å². The van der Waals surface area contributed by atoms with Crippen molar-refractivity contribution in [3.63, 3.8) is 0 Å². The number of nitro groups is 1. The number of non-ortho nitro benzene ring substituents is 1. The first-order valence-electron chi connectivity index (χ1n) is 7.66. The molecule has 1 N–H and O–H groups in total. The number of benzene rings is 2. The highest BCUT2D eigenvalue weighted by Gasteiger charge is 2.09. The number of azo groups is 1. The van der Waals surface area contributed by atoms with Crippen LogP contribution >= 0.6 is 0 Å². The first-order valence-corrected chi connectivity index (χ1v) is 7.66. The van der Waals surface area contributed by atoms with Gasteiger partial charge in [-0.3, -0.25) is 10.1 Å². The zero-order chi connectivity index (χ0) is 18.2. The highest BCUT2D eigenvalue weighted by Crippen LogP contribution is 2.31. The highest BCUT2D eigenvalue weighted by molar-refractivity contribution is 5.57. The number of hydrogen-bond donors (Lipinski definition) is 1. The van der Waals surface area contributed by atoms with Crippen LogP contribution in [0.15, 0.2) is 52.7 Å². The van der Waals surface area contributed by atoms with Gasteiger partial charge in [0.15, 0.2) is 0 Å². The van der Waals surface area contributed by atoms with Crippen molar-refractivity contribution in [3.8, 4) is 11.8 Å². The van der Waals surface area contributed by atoms with E-state index >= 15 is 0 Å². The van der Waals surface area contributed by atoms with Gasteiger partial charge in [-0.05, 0) is 37.3 Å². The molecule has 0 aliphatic rings. The summed E-state index contributed by atoms with van der Waals surface area (Å²) in [4.78, 5) is 12.1. The Morgan fingerprint density at radius 3 is 2.52 bits per heavy atom. The van der Waals surface area contributed by atoms with Crippen LogP contribution in [0.3, 0.4) is 0 Å². The van der Waals surface area contributed by atoms with E-state index in [1.54, 1.807) is 12.1 Å². The molecule has 0 radical (unpaired) electrons. The summed E-state index contributed by atoms with van der Waals surface area (Å²) >= 11 is 0. The van der Waals surface area contributed by atoms with Crippen molar-refractivity contribution in [2.45, 2.75) is 13.3 Å². The molecule has 0 aliphatic heterocycles. The number of rotatable bonds is 7. The molecule has 0 spiro atoms. The van der Waals surface area contributed by atoms with Crippen molar-refractivity contribution in [3.05, 3.63) is 52.6 Å². The summed E-state index contributed by atoms with van der Waals surface area (Å²) < 4.78 is 0. The number of nitro benzene ring substituents is 1. The van der Waals surface area contributed by atoms with Gasteiger partial charge >= 0.3 is 0 Å². The van der Waals surface area contributed by atoms with Crippen LogP contribution in [0.2, 0.25) is 0 Å². The SMILES string of the molecule is CCN(CCC#N)c1ccc(N=Nc2ccc([N+](=O)[O-])cc2O)cc1. The molecule has 8 heteroatoms. The van der Waals surface area contributed by atoms with E-state index in [1.807, 2.05) is 19.1 Å². The van der Waals surface area contributed by atoms with E-state index in [4.69, 9.17) is 5.26 Å². The standard InChI is InChI=1S/C17H17N5O3/c1-2-21(11-3-10-18)14-6-4-13(5-7-14)19-20-16-9-8-15(22(24)25)12-17(16)23/h4-9,12,23H,2-3,11H2,1H3. The largest absolute Gasteiger partial charge is 0.505 e. The Kier molecular flexibility index (Phi) is 6.01. The number of nitriles is 1. The Labute approximate surface area is 144 Å². The van der Waals surface area contributed by atoms with E-state index in [9.17, 15) is 15.2 Å². The van der Waals surface area contributed by atoms with E-state index in [0.717, 1.165) is 18.3 Å². The Bertz CT molecular complexity index is 812. The molecule has 0 saturated carbocycles. The molecule has 0 heterocycles. The average Bonchev–Trinajstić information content (AvgIpc) is 2.62. The maximum Gasteiger partial charge on any atom is 0.273 e. The maximum atomic E-state index is 10.6. The Morgan fingerprint density at radius 1 is 1.24 bits per heavy atom. The molecule has 0 aromatic heterocycles. The molecule has 2 rings (SSSR count). The van der Waals surface area contributed by atoms with Crippen molar-refractivity contribution in [2.75, 3.05) is 18.0 Å². The molecule has 0 fully saturated rings. The molecular weight excluding hydrogens is 322 g/mol. The van der Waals surface area contributed by atoms with Gasteiger partial charge in [0.2, 0.25) is 0 Å². The maximum absolute atomic E-state index is 10.6. The second-order valence-corrected chi connectivity index (χ2v) is 5.13. The van der Waals surface area contributed by atoms with E-state index in [-0.39, 0.29) is 17.1 Å². The minimum Gasteiger partial charge on any atom is -0.505 e. The molecule has 128 valence electrons. The zero-order valence-corrected chi connectivity index (χ0v) is 13.7. The van der Waals surface area contributed by atoms with Gasteiger partial charge < -0.3 is 10.0 Å². The lowest BCUT2D eigenvalue weighted by molar-refractivity contribution is -0.384. The number of hydrogen-bond acceptors (Lipinski definition) is 7. The fourth-order valence-corrected chi connectivity index (χ4v) is 2.21. The Balaban J connectivity index is 2.12. The van der Waals surface area contributed by atoms with Crippen LogP contribution in [0.4, 0.5) is 22.7 Å². The summed E-state index contributed by atoms with van der Waals surface area (Å²) in [6.45, 7) is 3.46. The van der Waals surface area contributed by atoms with E-state index in [1.165, 1.54) is 12.1 Å². The van der Waals surface area contributed by atoms with Crippen LogP contribution < -0.4 is 4.90 Å². The number of aromatic hydroxyl groups is 1. The molecule has 0 bridgehead atoms. The monoisotopic (exact) mass is 339 g/mol. The highest BCUT2D eigenvalue weighted by atomic mass is 16.6. The molecule has 2 aromatic carbocycles. The van der Waals surface area contributed by atoms with Gasteiger partial charge in [0.1, 0.15) is 11.4 Å². The first-order chi connectivity index (χ1) is 12.0. The van der Waals surface area contributed by atoms with Crippen LogP contribution in [-0.4, -0.2) is 23.1 Å². The van der Waals surface area contributed by atoms with Crippen molar-refractivity contribution >= 4 is 22.7 Å². The van der Waals surface area contributed by atoms with Crippen LogP contribution in [0, 0.1) is 21.4 Å². The smallest absolute Gasteiger partial charge is 0.273 e. The third kappa shape index (κ3) is 4.75. The molecule has 8 nitrogen and oxygen atoms in total. The molecule has 0 aliphatic carbocycles. The normalized spacial score (nSPS) is 10.6. The van der Waals surface area contributed by atoms with Crippen molar-refractivity contribution < 1.29 is 10.0 Å². The van der Waals surface area contributed by atoms with Crippen molar-refractivity contribution in [1.82, 2.24) is 0 Å². The van der Waals surface area contributed by atoms with Crippen LogP contribution in [0.5, 0.6) is 5.75 Å². The van der Waals surface area contributed by atoms with Crippen molar-refractivity contribution in [2.24, 2.45) is 10.2 Å². The summed E-state index contributed by atoms with van der Waals surface area (Å²) in [6.07, 6.45) is 0.453. The summed E-state index contributed by atoms with van der Waals surface area (Å²) in [5.74, 6) is -0.303. The van der Waals surface area contributed by atoms with Gasteiger partial charge in [-0.15, -0.1) is 5.11 Å². The molecule has 0 atom stereocenters. The van der Waals surface area contributed by atoms with Gasteiger partial charge in [-0.25, -0.2) is 0 Å². The predicted molar refractivity (Wildman–Crippen MR) is 93.5 cm³/mol. The molecule has 2 aromatic rings. The van der Waals surface area contributed by atoms with Gasteiger partial charge in [0.25, 0.3) is 5.69 Å². The number of nitrogens with zero attached hydrogens (tertiary/aromatic N) is 5. The fourth-order valence-electron chi connectivity index (χ4n) is 2.21. The Morgan fingerprint density at radius 2 is 1.96 bits per heavy atom. The summed E-state index contributed by atoms with van der Waals surface area (Å²) in [6, 6.07) is 13.1. The quantitative estimate of drug-likeness (QED) is 0.454. The van der Waals surface area contributed by atoms with E-state index < -0.39 is 4.92 Å². The number of anilines is 1. The van der Waals surface area contributed by atoms with Gasteiger partial charge in [0, 0.05) is 24.8 Å². The van der Waals surface area contributed by atoms with Crippen molar-refractivity contribution in [1.29, 1.82) is 5.26 Å². The minimum absolute atomic E-state index is 0.152. The topological polar surface area (TPSA) is 115 Å². The third-order valence-corrected chi connectivity index (χ3v) is 3.53. The number of phenolic OH excluding ortho intramolecular Hbond substituents is 1. The second kappa shape index (κ2) is 8.40. The third-order valence-electron chi connectivity index (χ3n) is 3.53. The summed E-state index contributed by atoms with van der Waals surface area (Å²) in [7, 11) is 0. The van der Waals surface area contributed by atoms with Crippen LogP contribution in [0.1, 0.15) is 13.3 Å². The summed E-state index contributed by atoms with van der Waals surface area (Å²) in [5, 5.41) is 37.0. The molecule has 0 unspecified atom stereocenters. The summed E-state index contributed by atoms with van der Waals surface area (Å²) in [5.41, 5.74) is 1.50. The fraction of sp³-hybridized carbons (Fsp3) is 0.235. The molecule has 0 amide bonds. The molecular formula is C17H17N5O3. The van der Waals surface area contributed by atoms with Crippen LogP contribution in [0.25, 0.3) is 0 Å².